The first kappa shape index (κ1) is 12.8. The number of aromatic nitrogens is 1. The summed E-state index contributed by atoms with van der Waals surface area (Å²) >= 11 is 1.72. The Balaban J connectivity index is 2.82. The first-order chi connectivity index (χ1) is 7.69. The number of nitrogens with zero attached hydrogens (tertiary/aromatic N) is 2. The summed E-state index contributed by atoms with van der Waals surface area (Å²) in [4.78, 5) is 14.1. The second kappa shape index (κ2) is 6.32. The van der Waals surface area contributed by atoms with E-state index in [-0.39, 0.29) is 11.7 Å². The van der Waals surface area contributed by atoms with Gasteiger partial charge in [-0.15, -0.1) is 0 Å². The minimum Gasteiger partial charge on any atom is -0.376 e. The van der Waals surface area contributed by atoms with Gasteiger partial charge >= 0.3 is 5.69 Å². The van der Waals surface area contributed by atoms with Gasteiger partial charge in [-0.1, -0.05) is 6.92 Å². The van der Waals surface area contributed by atoms with Gasteiger partial charge in [0.05, 0.1) is 4.92 Å². The van der Waals surface area contributed by atoms with Crippen LogP contribution >= 0.6 is 11.8 Å². The first-order valence-corrected chi connectivity index (χ1v) is 6.42. The molecule has 1 aromatic rings. The van der Waals surface area contributed by atoms with Crippen molar-refractivity contribution in [3.63, 3.8) is 0 Å². The summed E-state index contributed by atoms with van der Waals surface area (Å²) in [6.07, 6.45) is 5.78. The number of nitrogens with one attached hydrogen (secondary N) is 1. The fraction of sp³-hybridized carbons (Fsp3) is 0.500. The average molecular weight is 241 g/mol. The van der Waals surface area contributed by atoms with E-state index in [9.17, 15) is 10.1 Å². The fourth-order valence-corrected chi connectivity index (χ4v) is 2.06. The van der Waals surface area contributed by atoms with Crippen molar-refractivity contribution in [2.75, 3.05) is 17.3 Å². The first-order valence-electron chi connectivity index (χ1n) is 5.03. The highest BCUT2D eigenvalue weighted by molar-refractivity contribution is 7.98. The molecule has 88 valence electrons. The van der Waals surface area contributed by atoms with Crippen molar-refractivity contribution in [2.24, 2.45) is 0 Å². The molecule has 0 saturated heterocycles. The van der Waals surface area contributed by atoms with E-state index in [4.69, 9.17) is 0 Å². The SMILES string of the molecule is CCC(CSC)Nc1ccncc1[N+](=O)[O-]. The lowest BCUT2D eigenvalue weighted by atomic mass is 10.2. The smallest absolute Gasteiger partial charge is 0.310 e. The lowest BCUT2D eigenvalue weighted by molar-refractivity contribution is -0.384. The highest BCUT2D eigenvalue weighted by Crippen LogP contribution is 2.23. The summed E-state index contributed by atoms with van der Waals surface area (Å²) in [7, 11) is 0. The van der Waals surface area contributed by atoms with Gasteiger partial charge in [0.2, 0.25) is 0 Å². The van der Waals surface area contributed by atoms with Gasteiger partial charge in [0, 0.05) is 18.0 Å². The van der Waals surface area contributed by atoms with Crippen LogP contribution < -0.4 is 5.32 Å². The van der Waals surface area contributed by atoms with Gasteiger partial charge < -0.3 is 5.32 Å². The Labute approximate surface area is 98.8 Å². The molecule has 1 atom stereocenters. The Morgan fingerprint density at radius 2 is 2.44 bits per heavy atom. The minimum absolute atomic E-state index is 0.0297. The van der Waals surface area contributed by atoms with Gasteiger partial charge in [-0.3, -0.25) is 15.1 Å². The molecule has 0 aliphatic rings. The quantitative estimate of drug-likeness (QED) is 0.612. The third-order valence-electron chi connectivity index (χ3n) is 2.22. The standard InChI is InChI=1S/C10H15N3O2S/c1-3-8(7-16-2)12-9-4-5-11-6-10(9)13(14)15/h4-6,8H,3,7H2,1-2H3,(H,11,12). The molecule has 0 fully saturated rings. The highest BCUT2D eigenvalue weighted by atomic mass is 32.2. The normalized spacial score (nSPS) is 12.1. The molecule has 0 saturated carbocycles. The molecule has 1 aromatic heterocycles. The Bertz CT molecular complexity index is 360. The molecule has 1 N–H and O–H groups in total. The van der Waals surface area contributed by atoms with E-state index in [1.807, 2.05) is 6.26 Å². The predicted octanol–water partition coefficient (Wildman–Crippen LogP) is 2.54. The third kappa shape index (κ3) is 3.37. The highest BCUT2D eigenvalue weighted by Gasteiger charge is 2.15. The van der Waals surface area contributed by atoms with Gasteiger partial charge in [-0.25, -0.2) is 0 Å². The molecule has 0 aliphatic heterocycles. The van der Waals surface area contributed by atoms with E-state index in [1.54, 1.807) is 24.0 Å². The molecule has 1 unspecified atom stereocenters. The molecule has 5 nitrogen and oxygen atoms in total. The van der Waals surface area contributed by atoms with Gasteiger partial charge in [0.25, 0.3) is 0 Å². The largest absolute Gasteiger partial charge is 0.376 e. The van der Waals surface area contributed by atoms with Crippen LogP contribution in [-0.4, -0.2) is 28.0 Å². The van der Waals surface area contributed by atoms with E-state index in [0.29, 0.717) is 5.69 Å². The Morgan fingerprint density at radius 3 is 3.00 bits per heavy atom. The number of hydrogen-bond acceptors (Lipinski definition) is 5. The molecule has 0 spiro atoms. The number of rotatable bonds is 6. The third-order valence-corrected chi connectivity index (χ3v) is 2.95. The van der Waals surface area contributed by atoms with Crippen molar-refractivity contribution in [1.82, 2.24) is 4.98 Å². The molecule has 1 rings (SSSR count). The maximum atomic E-state index is 10.8. The Hall–Kier alpha value is -1.30. The minimum atomic E-state index is -0.416. The molecule has 0 aliphatic carbocycles. The number of nitro groups is 1. The molecule has 0 amide bonds. The zero-order valence-corrected chi connectivity index (χ0v) is 10.2. The second-order valence-electron chi connectivity index (χ2n) is 3.35. The summed E-state index contributed by atoms with van der Waals surface area (Å²) in [5.41, 5.74) is 0.572. The monoisotopic (exact) mass is 241 g/mol. The maximum Gasteiger partial charge on any atom is 0.310 e. The van der Waals surface area contributed by atoms with Gasteiger partial charge in [0.15, 0.2) is 0 Å². The molecule has 0 radical (unpaired) electrons. The molecule has 0 bridgehead atoms. The van der Waals surface area contributed by atoms with Crippen molar-refractivity contribution in [3.05, 3.63) is 28.6 Å². The van der Waals surface area contributed by atoms with Crippen LogP contribution in [0.3, 0.4) is 0 Å². The summed E-state index contributed by atoms with van der Waals surface area (Å²) in [6.45, 7) is 2.06. The topological polar surface area (TPSA) is 68.1 Å². The van der Waals surface area contributed by atoms with Crippen molar-refractivity contribution in [1.29, 1.82) is 0 Å². The molecular formula is C10H15N3O2S. The number of anilines is 1. The summed E-state index contributed by atoms with van der Waals surface area (Å²) < 4.78 is 0. The summed E-state index contributed by atoms with van der Waals surface area (Å²) in [5.74, 6) is 0.927. The van der Waals surface area contributed by atoms with Crippen molar-refractivity contribution in [2.45, 2.75) is 19.4 Å². The van der Waals surface area contributed by atoms with Crippen LogP contribution in [0.2, 0.25) is 0 Å². The van der Waals surface area contributed by atoms with Crippen LogP contribution in [0.4, 0.5) is 11.4 Å². The molecule has 16 heavy (non-hydrogen) atoms. The lowest BCUT2D eigenvalue weighted by Gasteiger charge is -2.16. The van der Waals surface area contributed by atoms with Crippen LogP contribution in [0.15, 0.2) is 18.5 Å². The van der Waals surface area contributed by atoms with Crippen LogP contribution in [-0.2, 0) is 0 Å². The van der Waals surface area contributed by atoms with Crippen molar-refractivity contribution >= 4 is 23.1 Å². The number of hydrogen-bond donors (Lipinski definition) is 1. The van der Waals surface area contributed by atoms with E-state index in [2.05, 4.69) is 17.2 Å². The molecule has 6 heteroatoms. The van der Waals surface area contributed by atoms with E-state index >= 15 is 0 Å². The van der Waals surface area contributed by atoms with Crippen LogP contribution in [0.5, 0.6) is 0 Å². The van der Waals surface area contributed by atoms with E-state index < -0.39 is 4.92 Å². The number of thioether (sulfide) groups is 1. The Morgan fingerprint density at radius 1 is 1.69 bits per heavy atom. The number of pyridine rings is 1. The fourth-order valence-electron chi connectivity index (χ4n) is 1.34. The van der Waals surface area contributed by atoms with Crippen molar-refractivity contribution < 1.29 is 4.92 Å². The zero-order chi connectivity index (χ0) is 12.0. The maximum absolute atomic E-state index is 10.8. The lowest BCUT2D eigenvalue weighted by Crippen LogP contribution is -2.21. The average Bonchev–Trinajstić information content (AvgIpc) is 2.29. The second-order valence-corrected chi connectivity index (χ2v) is 4.27. The van der Waals surface area contributed by atoms with Gasteiger partial charge in [0.1, 0.15) is 11.9 Å². The van der Waals surface area contributed by atoms with Crippen LogP contribution in [0.1, 0.15) is 13.3 Å². The van der Waals surface area contributed by atoms with E-state index in [1.165, 1.54) is 6.20 Å². The summed E-state index contributed by atoms with van der Waals surface area (Å²) in [6, 6.07) is 1.89. The molecular weight excluding hydrogens is 226 g/mol. The van der Waals surface area contributed by atoms with Gasteiger partial charge in [-0.2, -0.15) is 11.8 Å². The molecule has 0 aromatic carbocycles. The van der Waals surface area contributed by atoms with E-state index in [0.717, 1.165) is 12.2 Å². The van der Waals surface area contributed by atoms with Gasteiger partial charge in [-0.05, 0) is 18.7 Å². The van der Waals surface area contributed by atoms with Crippen LogP contribution in [0, 0.1) is 10.1 Å². The predicted molar refractivity (Wildman–Crippen MR) is 67.0 cm³/mol. The summed E-state index contributed by atoms with van der Waals surface area (Å²) in [5, 5.41) is 13.9. The zero-order valence-electron chi connectivity index (χ0n) is 9.34. The Kier molecular flexibility index (Phi) is 5.04. The van der Waals surface area contributed by atoms with Crippen molar-refractivity contribution in [3.8, 4) is 0 Å². The molecule has 1 heterocycles. The van der Waals surface area contributed by atoms with Crippen LogP contribution in [0.25, 0.3) is 0 Å².